The second kappa shape index (κ2) is 9.84. The molecule has 1 aromatic carbocycles. The maximum Gasteiger partial charge on any atom is 0.243 e. The number of carbonyl (C=O) groups excluding carboxylic acids is 1. The Morgan fingerprint density at radius 2 is 1.87 bits per heavy atom. The van der Waals surface area contributed by atoms with Crippen molar-refractivity contribution in [3.05, 3.63) is 35.9 Å². The van der Waals surface area contributed by atoms with E-state index in [1.807, 2.05) is 25.1 Å². The Kier molecular flexibility index (Phi) is 8.11. The van der Waals surface area contributed by atoms with Gasteiger partial charge in [-0.2, -0.15) is 0 Å². The van der Waals surface area contributed by atoms with Gasteiger partial charge < -0.3 is 20.3 Å². The molecule has 0 bridgehead atoms. The summed E-state index contributed by atoms with van der Waals surface area (Å²) in [6.45, 7) is 4.72. The van der Waals surface area contributed by atoms with E-state index in [4.69, 9.17) is 4.74 Å². The summed E-state index contributed by atoms with van der Waals surface area (Å²) in [4.78, 5) is 17.7. The van der Waals surface area contributed by atoms with Crippen LogP contribution in [0.25, 0.3) is 0 Å². The highest BCUT2D eigenvalue weighted by Crippen LogP contribution is 2.10. The van der Waals surface area contributed by atoms with Crippen molar-refractivity contribution in [2.24, 2.45) is 4.99 Å². The van der Waals surface area contributed by atoms with Gasteiger partial charge in [0, 0.05) is 27.2 Å². The largest absolute Gasteiger partial charge is 0.383 e. The standard InChI is InChI=1S/C17H28N4O2/c1-13(12-23-5)19-17(18-11-16(22)21(3)4)20-14(2)15-9-7-6-8-10-15/h6-10,13-14H,11-12H2,1-5H3,(H2,18,19,20). The molecule has 0 aromatic heterocycles. The van der Waals surface area contributed by atoms with Crippen LogP contribution in [0, 0.1) is 0 Å². The third-order valence-electron chi connectivity index (χ3n) is 3.32. The molecule has 6 heteroatoms. The fourth-order valence-electron chi connectivity index (χ4n) is 1.98. The summed E-state index contributed by atoms with van der Waals surface area (Å²) in [5, 5.41) is 6.59. The van der Waals surface area contributed by atoms with Crippen LogP contribution in [-0.4, -0.2) is 57.2 Å². The SMILES string of the molecule is COCC(C)NC(=NCC(=O)N(C)C)NC(C)c1ccccc1. The molecule has 0 spiro atoms. The Balaban J connectivity index is 2.77. The van der Waals surface area contributed by atoms with Crippen LogP contribution in [0.2, 0.25) is 0 Å². The number of hydrogen-bond acceptors (Lipinski definition) is 3. The van der Waals surface area contributed by atoms with Crippen molar-refractivity contribution in [3.8, 4) is 0 Å². The van der Waals surface area contributed by atoms with Gasteiger partial charge in [0.1, 0.15) is 6.54 Å². The molecule has 1 rings (SSSR count). The number of ether oxygens (including phenoxy) is 1. The molecule has 128 valence electrons. The highest BCUT2D eigenvalue weighted by atomic mass is 16.5. The lowest BCUT2D eigenvalue weighted by Gasteiger charge is -2.22. The highest BCUT2D eigenvalue weighted by Gasteiger charge is 2.11. The molecular weight excluding hydrogens is 292 g/mol. The molecule has 0 saturated heterocycles. The third kappa shape index (κ3) is 7.15. The Morgan fingerprint density at radius 3 is 2.43 bits per heavy atom. The number of aliphatic imine (C=N–C) groups is 1. The minimum absolute atomic E-state index is 0.0436. The first-order valence-electron chi connectivity index (χ1n) is 7.75. The summed E-state index contributed by atoms with van der Waals surface area (Å²) in [6, 6.07) is 10.3. The van der Waals surface area contributed by atoms with Gasteiger partial charge >= 0.3 is 0 Å². The molecule has 0 fully saturated rings. The van der Waals surface area contributed by atoms with Crippen LogP contribution in [0.4, 0.5) is 0 Å². The highest BCUT2D eigenvalue weighted by molar-refractivity contribution is 5.85. The molecular formula is C17H28N4O2. The predicted octanol–water partition coefficient (Wildman–Crippen LogP) is 1.41. The molecule has 2 N–H and O–H groups in total. The minimum atomic E-state index is -0.0436. The van der Waals surface area contributed by atoms with E-state index in [9.17, 15) is 4.79 Å². The number of hydrogen-bond donors (Lipinski definition) is 2. The van der Waals surface area contributed by atoms with Gasteiger partial charge in [-0.1, -0.05) is 30.3 Å². The second-order valence-corrected chi connectivity index (χ2v) is 5.73. The van der Waals surface area contributed by atoms with Gasteiger partial charge in [0.15, 0.2) is 5.96 Å². The Bertz CT molecular complexity index is 503. The lowest BCUT2D eigenvalue weighted by Crippen LogP contribution is -2.45. The van der Waals surface area contributed by atoms with Crippen LogP contribution >= 0.6 is 0 Å². The quantitative estimate of drug-likeness (QED) is 0.589. The zero-order chi connectivity index (χ0) is 17.2. The van der Waals surface area contributed by atoms with Crippen molar-refractivity contribution in [1.82, 2.24) is 15.5 Å². The van der Waals surface area contributed by atoms with Gasteiger partial charge in [-0.3, -0.25) is 4.79 Å². The maximum atomic E-state index is 11.8. The molecule has 1 aromatic rings. The third-order valence-corrected chi connectivity index (χ3v) is 3.32. The number of rotatable bonds is 7. The molecule has 23 heavy (non-hydrogen) atoms. The number of likely N-dealkylation sites (N-methyl/N-ethyl adjacent to an activating group) is 1. The summed E-state index contributed by atoms with van der Waals surface area (Å²) < 4.78 is 5.14. The summed E-state index contributed by atoms with van der Waals surface area (Å²) in [6.07, 6.45) is 0. The van der Waals surface area contributed by atoms with Gasteiger partial charge in [-0.25, -0.2) is 4.99 Å². The lowest BCUT2D eigenvalue weighted by atomic mass is 10.1. The Morgan fingerprint density at radius 1 is 1.22 bits per heavy atom. The molecule has 2 unspecified atom stereocenters. The fourth-order valence-corrected chi connectivity index (χ4v) is 1.98. The van der Waals surface area contributed by atoms with Crippen molar-refractivity contribution < 1.29 is 9.53 Å². The summed E-state index contributed by atoms with van der Waals surface area (Å²) in [7, 11) is 5.10. The predicted molar refractivity (Wildman–Crippen MR) is 93.5 cm³/mol. The summed E-state index contributed by atoms with van der Waals surface area (Å²) in [5.41, 5.74) is 1.15. The first kappa shape index (κ1) is 19.0. The van der Waals surface area contributed by atoms with Gasteiger partial charge in [0.2, 0.25) is 5.91 Å². The normalized spacial score (nSPS) is 14.0. The summed E-state index contributed by atoms with van der Waals surface area (Å²) >= 11 is 0. The second-order valence-electron chi connectivity index (χ2n) is 5.73. The number of benzene rings is 1. The lowest BCUT2D eigenvalue weighted by molar-refractivity contribution is -0.127. The fraction of sp³-hybridized carbons (Fsp3) is 0.529. The van der Waals surface area contributed by atoms with Crippen LogP contribution in [0.3, 0.4) is 0 Å². The van der Waals surface area contributed by atoms with Crippen LogP contribution in [0.5, 0.6) is 0 Å². The number of amides is 1. The number of guanidine groups is 1. The van der Waals surface area contributed by atoms with Gasteiger partial charge in [-0.05, 0) is 19.4 Å². The minimum Gasteiger partial charge on any atom is -0.383 e. The van der Waals surface area contributed by atoms with Gasteiger partial charge in [0.05, 0.1) is 12.6 Å². The average Bonchev–Trinajstić information content (AvgIpc) is 2.53. The molecule has 0 aliphatic rings. The Hall–Kier alpha value is -2.08. The van der Waals surface area contributed by atoms with Crippen molar-refractivity contribution >= 4 is 11.9 Å². The summed E-state index contributed by atoms with van der Waals surface area (Å²) in [5.74, 6) is 0.555. The smallest absolute Gasteiger partial charge is 0.243 e. The number of nitrogens with one attached hydrogen (secondary N) is 2. The van der Waals surface area contributed by atoms with E-state index < -0.39 is 0 Å². The zero-order valence-corrected chi connectivity index (χ0v) is 14.7. The molecule has 1 amide bonds. The maximum absolute atomic E-state index is 11.8. The van der Waals surface area contributed by atoms with Crippen molar-refractivity contribution in [1.29, 1.82) is 0 Å². The topological polar surface area (TPSA) is 66.0 Å². The number of nitrogens with zero attached hydrogens (tertiary/aromatic N) is 2. The van der Waals surface area contributed by atoms with E-state index in [2.05, 4.69) is 34.7 Å². The van der Waals surface area contributed by atoms with E-state index >= 15 is 0 Å². The van der Waals surface area contributed by atoms with Crippen molar-refractivity contribution in [2.45, 2.75) is 25.9 Å². The Labute approximate surface area is 138 Å². The van der Waals surface area contributed by atoms with Gasteiger partial charge in [0.25, 0.3) is 0 Å². The number of methoxy groups -OCH3 is 1. The monoisotopic (exact) mass is 320 g/mol. The average molecular weight is 320 g/mol. The first-order valence-corrected chi connectivity index (χ1v) is 7.75. The number of carbonyl (C=O) groups is 1. The van der Waals surface area contributed by atoms with Crippen molar-refractivity contribution in [3.63, 3.8) is 0 Å². The van der Waals surface area contributed by atoms with Crippen molar-refractivity contribution in [2.75, 3.05) is 34.4 Å². The van der Waals surface area contributed by atoms with Gasteiger partial charge in [-0.15, -0.1) is 0 Å². The van der Waals surface area contributed by atoms with E-state index in [0.29, 0.717) is 12.6 Å². The molecule has 6 nitrogen and oxygen atoms in total. The van der Waals surface area contributed by atoms with Crippen LogP contribution < -0.4 is 10.6 Å². The molecule has 0 aliphatic carbocycles. The zero-order valence-electron chi connectivity index (χ0n) is 14.7. The van der Waals surface area contributed by atoms with E-state index in [1.165, 1.54) is 4.90 Å². The van der Waals surface area contributed by atoms with Crippen LogP contribution in [0.1, 0.15) is 25.5 Å². The first-order chi connectivity index (χ1) is 10.9. The van der Waals surface area contributed by atoms with Crippen LogP contribution in [-0.2, 0) is 9.53 Å². The van der Waals surface area contributed by atoms with E-state index in [0.717, 1.165) is 5.56 Å². The van der Waals surface area contributed by atoms with E-state index in [-0.39, 0.29) is 24.5 Å². The molecule has 0 radical (unpaired) electrons. The molecule has 0 heterocycles. The van der Waals surface area contributed by atoms with E-state index in [1.54, 1.807) is 21.2 Å². The molecule has 0 saturated carbocycles. The molecule has 0 aliphatic heterocycles. The molecule has 2 atom stereocenters. The van der Waals surface area contributed by atoms with Crippen LogP contribution in [0.15, 0.2) is 35.3 Å².